The van der Waals surface area contributed by atoms with Gasteiger partial charge in [0.25, 0.3) is 0 Å². The minimum atomic E-state index is -0.263. The number of hydrogen-bond acceptors (Lipinski definition) is 4. The monoisotopic (exact) mass is 438 g/mol. The lowest BCUT2D eigenvalue weighted by atomic mass is 9.88. The summed E-state index contributed by atoms with van der Waals surface area (Å²) in [4.78, 5) is 13.7. The van der Waals surface area contributed by atoms with Crippen molar-refractivity contribution in [3.63, 3.8) is 0 Å². The summed E-state index contributed by atoms with van der Waals surface area (Å²) in [7, 11) is 1.45. The normalized spacial score (nSPS) is 15.6. The number of rotatable bonds is 12. The zero-order chi connectivity index (χ0) is 21.1. The summed E-state index contributed by atoms with van der Waals surface area (Å²) in [6.45, 7) is 5.40. The summed E-state index contributed by atoms with van der Waals surface area (Å²) in [5.74, 6) is 0.400. The number of thiocarbonyl (C=S) groups is 1. The quantitative estimate of drug-likeness (QED) is 0.222. The van der Waals surface area contributed by atoms with Gasteiger partial charge in [0.05, 0.1) is 12.7 Å². The molecule has 1 aromatic heterocycles. The molecule has 0 aromatic carbocycles. The molecular formula is C23H38N2O2S2. The number of unbranched alkanes of at least 4 members (excludes halogenated alkanes) is 8. The SMILES string of the molecule is CCCCCCCCCCCNC(=S)Nc1sc2c(c1C(=O)OC)CCC(C)C2. The minimum absolute atomic E-state index is 0.263. The predicted molar refractivity (Wildman–Crippen MR) is 128 cm³/mol. The number of anilines is 1. The van der Waals surface area contributed by atoms with Crippen molar-refractivity contribution in [1.82, 2.24) is 5.32 Å². The van der Waals surface area contributed by atoms with Crippen molar-refractivity contribution in [3.8, 4) is 0 Å². The van der Waals surface area contributed by atoms with Gasteiger partial charge in [-0.05, 0) is 49.4 Å². The molecule has 0 radical (unpaired) electrons. The third kappa shape index (κ3) is 7.89. The van der Waals surface area contributed by atoms with Gasteiger partial charge >= 0.3 is 5.97 Å². The van der Waals surface area contributed by atoms with E-state index in [-0.39, 0.29) is 5.97 Å². The van der Waals surface area contributed by atoms with Gasteiger partial charge in [-0.2, -0.15) is 0 Å². The zero-order valence-corrected chi connectivity index (χ0v) is 20.0. The smallest absolute Gasteiger partial charge is 0.341 e. The van der Waals surface area contributed by atoms with E-state index in [0.717, 1.165) is 42.8 Å². The standard InChI is InChI=1S/C23H38N2O2S2/c1-4-5-6-7-8-9-10-11-12-15-24-23(28)25-21-20(22(26)27-3)18-14-13-17(2)16-19(18)29-21/h17H,4-16H2,1-3H3,(H2,24,25,28). The fraction of sp³-hybridized carbons (Fsp3) is 0.739. The molecule has 0 saturated carbocycles. The second-order valence-electron chi connectivity index (χ2n) is 8.26. The topological polar surface area (TPSA) is 50.4 Å². The van der Waals surface area contributed by atoms with Gasteiger partial charge in [-0.3, -0.25) is 0 Å². The Bertz CT molecular complexity index is 658. The first kappa shape index (κ1) is 24.1. The molecule has 0 saturated heterocycles. The molecule has 0 bridgehead atoms. The Morgan fingerprint density at radius 3 is 2.45 bits per heavy atom. The Labute approximate surface area is 186 Å². The molecule has 2 rings (SSSR count). The summed E-state index contributed by atoms with van der Waals surface area (Å²) in [6, 6.07) is 0. The number of fused-ring (bicyclic) bond motifs is 1. The molecule has 1 unspecified atom stereocenters. The van der Waals surface area contributed by atoms with E-state index in [2.05, 4.69) is 24.5 Å². The summed E-state index contributed by atoms with van der Waals surface area (Å²) >= 11 is 7.13. The van der Waals surface area contributed by atoms with Crippen molar-refractivity contribution >= 4 is 39.6 Å². The van der Waals surface area contributed by atoms with Gasteiger partial charge in [0, 0.05) is 11.4 Å². The molecule has 0 amide bonds. The van der Waals surface area contributed by atoms with Gasteiger partial charge in [-0.1, -0.05) is 65.2 Å². The predicted octanol–water partition coefficient (Wildman–Crippen LogP) is 6.48. The van der Waals surface area contributed by atoms with Gasteiger partial charge in [-0.15, -0.1) is 11.3 Å². The van der Waals surface area contributed by atoms with Gasteiger partial charge in [0.1, 0.15) is 5.00 Å². The first-order valence-corrected chi connectivity index (χ1v) is 12.6. The average Bonchev–Trinajstić information content (AvgIpc) is 3.05. The number of methoxy groups -OCH3 is 1. The molecule has 6 heteroatoms. The van der Waals surface area contributed by atoms with E-state index in [1.165, 1.54) is 63.4 Å². The van der Waals surface area contributed by atoms with Crippen LogP contribution in [0.15, 0.2) is 0 Å². The number of carbonyl (C=O) groups is 1. The maximum Gasteiger partial charge on any atom is 0.341 e. The van der Waals surface area contributed by atoms with Crippen LogP contribution in [0.3, 0.4) is 0 Å². The van der Waals surface area contributed by atoms with E-state index in [4.69, 9.17) is 17.0 Å². The van der Waals surface area contributed by atoms with E-state index in [1.807, 2.05) is 0 Å². The van der Waals surface area contributed by atoms with Crippen LogP contribution in [-0.2, 0) is 17.6 Å². The maximum atomic E-state index is 12.4. The van der Waals surface area contributed by atoms with Crippen molar-refractivity contribution in [2.45, 2.75) is 90.9 Å². The lowest BCUT2D eigenvalue weighted by Crippen LogP contribution is -2.29. The van der Waals surface area contributed by atoms with E-state index in [1.54, 1.807) is 11.3 Å². The first-order valence-electron chi connectivity index (χ1n) is 11.3. The van der Waals surface area contributed by atoms with Gasteiger partial charge in [0.15, 0.2) is 5.11 Å². The summed E-state index contributed by atoms with van der Waals surface area (Å²) in [6.07, 6.45) is 14.9. The fourth-order valence-electron chi connectivity index (χ4n) is 3.94. The molecule has 1 aliphatic carbocycles. The van der Waals surface area contributed by atoms with Crippen LogP contribution in [0.4, 0.5) is 5.00 Å². The van der Waals surface area contributed by atoms with Gasteiger partial charge < -0.3 is 15.4 Å². The highest BCUT2D eigenvalue weighted by Crippen LogP contribution is 2.40. The molecule has 29 heavy (non-hydrogen) atoms. The van der Waals surface area contributed by atoms with Crippen LogP contribution >= 0.6 is 23.6 Å². The molecule has 0 spiro atoms. The van der Waals surface area contributed by atoms with Crippen LogP contribution in [-0.4, -0.2) is 24.7 Å². The minimum Gasteiger partial charge on any atom is -0.465 e. The highest BCUT2D eigenvalue weighted by molar-refractivity contribution is 7.80. The summed E-state index contributed by atoms with van der Waals surface area (Å²) in [5, 5.41) is 8.00. The van der Waals surface area contributed by atoms with Gasteiger partial charge in [0.2, 0.25) is 0 Å². The number of nitrogens with one attached hydrogen (secondary N) is 2. The van der Waals surface area contributed by atoms with E-state index >= 15 is 0 Å². The lowest BCUT2D eigenvalue weighted by Gasteiger charge is -2.18. The van der Waals surface area contributed by atoms with Crippen LogP contribution in [0.25, 0.3) is 0 Å². The van der Waals surface area contributed by atoms with Crippen molar-refractivity contribution in [2.24, 2.45) is 5.92 Å². The molecule has 4 nitrogen and oxygen atoms in total. The molecule has 2 N–H and O–H groups in total. The van der Waals surface area contributed by atoms with E-state index in [0.29, 0.717) is 16.6 Å². The fourth-order valence-corrected chi connectivity index (χ4v) is 5.61. The van der Waals surface area contributed by atoms with Crippen molar-refractivity contribution < 1.29 is 9.53 Å². The number of carbonyl (C=O) groups excluding carboxylic acids is 1. The number of esters is 1. The molecule has 0 aliphatic heterocycles. The van der Waals surface area contributed by atoms with Crippen LogP contribution in [0, 0.1) is 5.92 Å². The molecule has 1 atom stereocenters. The van der Waals surface area contributed by atoms with Crippen LogP contribution in [0.2, 0.25) is 0 Å². The molecular weight excluding hydrogens is 400 g/mol. The lowest BCUT2D eigenvalue weighted by molar-refractivity contribution is 0.0601. The summed E-state index contributed by atoms with van der Waals surface area (Å²) < 4.78 is 5.04. The Morgan fingerprint density at radius 1 is 1.14 bits per heavy atom. The highest BCUT2D eigenvalue weighted by Gasteiger charge is 2.28. The molecule has 1 aromatic rings. The van der Waals surface area contributed by atoms with Crippen LogP contribution < -0.4 is 10.6 Å². The number of thiophene rings is 1. The number of ether oxygens (including phenoxy) is 1. The van der Waals surface area contributed by atoms with E-state index < -0.39 is 0 Å². The second-order valence-corrected chi connectivity index (χ2v) is 9.77. The molecule has 164 valence electrons. The first-order chi connectivity index (χ1) is 14.1. The third-order valence-corrected chi connectivity index (χ3v) is 7.11. The zero-order valence-electron chi connectivity index (χ0n) is 18.4. The maximum absolute atomic E-state index is 12.4. The number of hydrogen-bond donors (Lipinski definition) is 2. The van der Waals surface area contributed by atoms with E-state index in [9.17, 15) is 4.79 Å². The Balaban J connectivity index is 1.73. The molecule has 1 heterocycles. The Morgan fingerprint density at radius 2 is 1.79 bits per heavy atom. The third-order valence-electron chi connectivity index (χ3n) is 5.69. The largest absolute Gasteiger partial charge is 0.465 e. The van der Waals surface area contributed by atoms with Crippen molar-refractivity contribution in [1.29, 1.82) is 0 Å². The van der Waals surface area contributed by atoms with Crippen molar-refractivity contribution in [2.75, 3.05) is 19.0 Å². The molecule has 0 fully saturated rings. The molecule has 1 aliphatic rings. The van der Waals surface area contributed by atoms with Gasteiger partial charge in [-0.25, -0.2) is 4.79 Å². The highest BCUT2D eigenvalue weighted by atomic mass is 32.1. The summed E-state index contributed by atoms with van der Waals surface area (Å²) in [5.41, 5.74) is 1.84. The van der Waals surface area contributed by atoms with Crippen LogP contribution in [0.5, 0.6) is 0 Å². The van der Waals surface area contributed by atoms with Crippen molar-refractivity contribution in [3.05, 3.63) is 16.0 Å². The van der Waals surface area contributed by atoms with Crippen LogP contribution in [0.1, 0.15) is 98.9 Å². The Hall–Kier alpha value is -1.14. The average molecular weight is 439 g/mol. The Kier molecular flexibility index (Phi) is 11.0. The second kappa shape index (κ2) is 13.2.